The first-order valence-corrected chi connectivity index (χ1v) is 7.47. The van der Waals surface area contributed by atoms with E-state index < -0.39 is 12.2 Å². The lowest BCUT2D eigenvalue weighted by molar-refractivity contribution is -0.274. The number of benzene rings is 2. The van der Waals surface area contributed by atoms with Gasteiger partial charge in [0.05, 0.1) is 0 Å². The van der Waals surface area contributed by atoms with Crippen LogP contribution in [0.1, 0.15) is 0 Å². The summed E-state index contributed by atoms with van der Waals surface area (Å²) in [5.41, 5.74) is 0.930. The minimum absolute atomic E-state index is 0.0776. The van der Waals surface area contributed by atoms with E-state index in [2.05, 4.69) is 25.0 Å². The summed E-state index contributed by atoms with van der Waals surface area (Å²) < 4.78 is 53.3. The molecule has 0 amide bonds. The first-order valence-electron chi connectivity index (χ1n) is 7.09. The summed E-state index contributed by atoms with van der Waals surface area (Å²) in [4.78, 5) is 12.0. The van der Waals surface area contributed by atoms with Crippen LogP contribution in [0.2, 0.25) is 5.28 Å². The fourth-order valence-electron chi connectivity index (χ4n) is 2.00. The zero-order chi connectivity index (χ0) is 18.7. The molecule has 0 fully saturated rings. The zero-order valence-corrected chi connectivity index (χ0v) is 13.5. The Morgan fingerprint density at radius 3 is 2.15 bits per heavy atom. The minimum Gasteiger partial charge on any atom is -0.406 e. The van der Waals surface area contributed by atoms with Gasteiger partial charge in [-0.2, -0.15) is 15.0 Å². The Bertz CT molecular complexity index is 902. The molecule has 5 nitrogen and oxygen atoms in total. The second kappa shape index (κ2) is 7.12. The molecule has 26 heavy (non-hydrogen) atoms. The predicted octanol–water partition coefficient (Wildman–Crippen LogP) is 4.97. The maximum atomic E-state index is 13.0. The fraction of sp³-hybridized carbons (Fsp3) is 0.0625. The molecule has 0 unspecified atom stereocenters. The van der Waals surface area contributed by atoms with Crippen molar-refractivity contribution in [3.8, 4) is 17.1 Å². The SMILES string of the molecule is Fc1ccc(-c2nc(Cl)nc(Nc3ccc(OC(F)(F)F)cc3)n2)cc1. The molecule has 2 aromatic carbocycles. The van der Waals surface area contributed by atoms with E-state index in [9.17, 15) is 17.6 Å². The van der Waals surface area contributed by atoms with Crippen molar-refractivity contribution in [3.05, 3.63) is 59.6 Å². The van der Waals surface area contributed by atoms with Gasteiger partial charge in [0.1, 0.15) is 11.6 Å². The lowest BCUT2D eigenvalue weighted by atomic mass is 10.2. The number of halogens is 5. The molecule has 0 radical (unpaired) electrons. The maximum Gasteiger partial charge on any atom is 0.573 e. The molecule has 10 heteroatoms. The van der Waals surface area contributed by atoms with Gasteiger partial charge in [0, 0.05) is 11.3 Å². The number of anilines is 2. The summed E-state index contributed by atoms with van der Waals surface area (Å²) in [5.74, 6) is -0.476. The molecule has 0 aliphatic rings. The molecule has 0 aliphatic carbocycles. The monoisotopic (exact) mass is 384 g/mol. The van der Waals surface area contributed by atoms with Crippen molar-refractivity contribution < 1.29 is 22.3 Å². The summed E-state index contributed by atoms with van der Waals surface area (Å²) in [6.07, 6.45) is -4.76. The van der Waals surface area contributed by atoms with Crippen molar-refractivity contribution in [2.75, 3.05) is 5.32 Å². The fourth-order valence-corrected chi connectivity index (χ4v) is 2.16. The highest BCUT2D eigenvalue weighted by atomic mass is 35.5. The lowest BCUT2D eigenvalue weighted by Gasteiger charge is -2.10. The molecule has 3 aromatic rings. The molecule has 0 saturated heterocycles. The third-order valence-corrected chi connectivity index (χ3v) is 3.22. The number of aromatic nitrogens is 3. The molecule has 0 aliphatic heterocycles. The Morgan fingerprint density at radius 1 is 0.885 bits per heavy atom. The molecule has 1 aromatic heterocycles. The van der Waals surface area contributed by atoms with Gasteiger partial charge in [0.25, 0.3) is 0 Å². The van der Waals surface area contributed by atoms with Crippen molar-refractivity contribution in [2.24, 2.45) is 0 Å². The molecular weight excluding hydrogens is 376 g/mol. The van der Waals surface area contributed by atoms with Gasteiger partial charge in [-0.05, 0) is 60.1 Å². The van der Waals surface area contributed by atoms with Gasteiger partial charge in [0.15, 0.2) is 5.82 Å². The molecular formula is C16H9ClF4N4O. The van der Waals surface area contributed by atoms with Crippen molar-refractivity contribution in [1.82, 2.24) is 15.0 Å². The highest BCUT2D eigenvalue weighted by Crippen LogP contribution is 2.25. The summed E-state index contributed by atoms with van der Waals surface area (Å²) in [7, 11) is 0. The highest BCUT2D eigenvalue weighted by Gasteiger charge is 2.30. The molecule has 1 N–H and O–H groups in total. The Morgan fingerprint density at radius 2 is 1.54 bits per heavy atom. The van der Waals surface area contributed by atoms with Gasteiger partial charge < -0.3 is 10.1 Å². The molecule has 0 spiro atoms. The number of ether oxygens (including phenoxy) is 1. The van der Waals surface area contributed by atoms with Crippen LogP contribution in [0, 0.1) is 5.82 Å². The number of rotatable bonds is 4. The number of alkyl halides is 3. The van der Waals surface area contributed by atoms with Gasteiger partial charge in [-0.25, -0.2) is 4.39 Å². The average molecular weight is 385 g/mol. The smallest absolute Gasteiger partial charge is 0.406 e. The Hall–Kier alpha value is -2.94. The van der Waals surface area contributed by atoms with E-state index in [1.807, 2.05) is 0 Å². The average Bonchev–Trinajstić information content (AvgIpc) is 2.55. The largest absolute Gasteiger partial charge is 0.573 e. The molecule has 0 atom stereocenters. The topological polar surface area (TPSA) is 59.9 Å². The van der Waals surface area contributed by atoms with Crippen molar-refractivity contribution in [3.63, 3.8) is 0 Å². The highest BCUT2D eigenvalue weighted by molar-refractivity contribution is 6.28. The first kappa shape index (κ1) is 17.9. The van der Waals surface area contributed by atoms with Gasteiger partial charge in [-0.1, -0.05) is 0 Å². The van der Waals surface area contributed by atoms with E-state index in [-0.39, 0.29) is 22.8 Å². The maximum absolute atomic E-state index is 13.0. The Labute approximate surface area is 149 Å². The van der Waals surface area contributed by atoms with Crippen molar-refractivity contribution in [2.45, 2.75) is 6.36 Å². The van der Waals surface area contributed by atoms with E-state index >= 15 is 0 Å². The summed E-state index contributed by atoms with van der Waals surface area (Å²) in [5, 5.41) is 2.70. The summed E-state index contributed by atoms with van der Waals surface area (Å²) in [6.45, 7) is 0. The van der Waals surface area contributed by atoms with E-state index in [0.29, 0.717) is 11.3 Å². The first-order chi connectivity index (χ1) is 12.3. The second-order valence-electron chi connectivity index (χ2n) is 4.96. The van der Waals surface area contributed by atoms with E-state index in [4.69, 9.17) is 11.6 Å². The van der Waals surface area contributed by atoms with Crippen LogP contribution < -0.4 is 10.1 Å². The van der Waals surface area contributed by atoms with Gasteiger partial charge in [0.2, 0.25) is 11.2 Å². The minimum atomic E-state index is -4.76. The second-order valence-corrected chi connectivity index (χ2v) is 5.29. The van der Waals surface area contributed by atoms with Gasteiger partial charge >= 0.3 is 6.36 Å². The van der Waals surface area contributed by atoms with Crippen LogP contribution in [0.5, 0.6) is 5.75 Å². The molecule has 134 valence electrons. The zero-order valence-electron chi connectivity index (χ0n) is 12.8. The third-order valence-electron chi connectivity index (χ3n) is 3.05. The van der Waals surface area contributed by atoms with Crippen LogP contribution in [0.15, 0.2) is 48.5 Å². The van der Waals surface area contributed by atoms with Crippen LogP contribution in [0.4, 0.5) is 29.2 Å². The van der Waals surface area contributed by atoms with Gasteiger partial charge in [-0.15, -0.1) is 13.2 Å². The molecule has 3 rings (SSSR count). The summed E-state index contributed by atoms with van der Waals surface area (Å²) in [6, 6.07) is 10.5. The van der Waals surface area contributed by atoms with E-state index in [1.165, 1.54) is 36.4 Å². The predicted molar refractivity (Wildman–Crippen MR) is 86.6 cm³/mol. The van der Waals surface area contributed by atoms with Gasteiger partial charge in [-0.3, -0.25) is 0 Å². The molecule has 1 heterocycles. The number of nitrogens with zero attached hydrogens (tertiary/aromatic N) is 3. The number of hydrogen-bond acceptors (Lipinski definition) is 5. The van der Waals surface area contributed by atoms with E-state index in [1.54, 1.807) is 0 Å². The van der Waals surface area contributed by atoms with Crippen LogP contribution in [-0.4, -0.2) is 21.3 Å². The normalized spacial score (nSPS) is 11.3. The molecule has 0 bridgehead atoms. The molecule has 0 saturated carbocycles. The van der Waals surface area contributed by atoms with Crippen molar-refractivity contribution >= 4 is 23.2 Å². The van der Waals surface area contributed by atoms with Crippen LogP contribution >= 0.6 is 11.6 Å². The Kier molecular flexibility index (Phi) is 4.90. The van der Waals surface area contributed by atoms with Crippen molar-refractivity contribution in [1.29, 1.82) is 0 Å². The van der Waals surface area contributed by atoms with Crippen LogP contribution in [-0.2, 0) is 0 Å². The lowest BCUT2D eigenvalue weighted by Crippen LogP contribution is -2.17. The Balaban J connectivity index is 1.80. The quantitative estimate of drug-likeness (QED) is 0.643. The summed E-state index contributed by atoms with van der Waals surface area (Å²) >= 11 is 5.87. The van der Waals surface area contributed by atoms with Crippen LogP contribution in [0.3, 0.4) is 0 Å². The standard InChI is InChI=1S/C16H9ClF4N4O/c17-14-23-13(9-1-3-10(18)4-2-9)24-15(25-14)22-11-5-7-12(8-6-11)26-16(19,20)21/h1-8H,(H,22,23,24,25). The number of hydrogen-bond donors (Lipinski definition) is 1. The van der Waals surface area contributed by atoms with Crippen LogP contribution in [0.25, 0.3) is 11.4 Å². The third kappa shape index (κ3) is 4.79. The number of nitrogens with one attached hydrogen (secondary N) is 1. The van der Waals surface area contributed by atoms with E-state index in [0.717, 1.165) is 12.1 Å².